The lowest BCUT2D eigenvalue weighted by Crippen LogP contribution is -2.39. The summed E-state index contributed by atoms with van der Waals surface area (Å²) in [5, 5.41) is 3.41. The van der Waals surface area contributed by atoms with Gasteiger partial charge in [-0.3, -0.25) is 9.79 Å². The average Bonchev–Trinajstić information content (AvgIpc) is 3.22. The van der Waals surface area contributed by atoms with Crippen molar-refractivity contribution in [2.24, 2.45) is 16.6 Å². The van der Waals surface area contributed by atoms with Gasteiger partial charge in [0.25, 0.3) is 5.91 Å². The Balaban J connectivity index is 1.43. The average molecular weight is 411 g/mol. The highest BCUT2D eigenvalue weighted by atomic mass is 16.5. The number of nitrogens with zero attached hydrogens (tertiary/aromatic N) is 2. The third-order valence-electron chi connectivity index (χ3n) is 4.99. The normalized spacial score (nSPS) is 16.5. The van der Waals surface area contributed by atoms with Crippen LogP contribution in [0, 0.1) is 5.92 Å². The van der Waals surface area contributed by atoms with Gasteiger partial charge in [-0.05, 0) is 29.7 Å². The molecule has 30 heavy (non-hydrogen) atoms. The number of carbonyl (C=O) groups excluding carboxylic acids is 1. The number of hydrogen-bond acceptors (Lipinski definition) is 4. The van der Waals surface area contributed by atoms with Crippen LogP contribution in [0.2, 0.25) is 0 Å². The molecule has 0 bridgehead atoms. The third-order valence-corrected chi connectivity index (χ3v) is 4.99. The lowest BCUT2D eigenvalue weighted by atomic mass is 10.1. The van der Waals surface area contributed by atoms with E-state index in [4.69, 9.17) is 15.2 Å². The number of likely N-dealkylation sites (tertiary alicyclic amines) is 1. The first-order valence-electron chi connectivity index (χ1n) is 10.2. The first-order valence-corrected chi connectivity index (χ1v) is 10.2. The van der Waals surface area contributed by atoms with E-state index in [0.29, 0.717) is 24.8 Å². The van der Waals surface area contributed by atoms with E-state index in [1.807, 2.05) is 42.5 Å². The molecular formula is C23H30N4O3. The van der Waals surface area contributed by atoms with Crippen molar-refractivity contribution in [3.8, 4) is 5.75 Å². The lowest BCUT2D eigenvalue weighted by Gasteiger charge is -2.22. The molecule has 7 heteroatoms. The van der Waals surface area contributed by atoms with Crippen LogP contribution in [0.25, 0.3) is 0 Å². The quantitative estimate of drug-likeness (QED) is 0.489. The van der Waals surface area contributed by atoms with E-state index in [9.17, 15) is 4.79 Å². The second-order valence-electron chi connectivity index (χ2n) is 7.40. The molecule has 1 saturated heterocycles. The molecule has 1 amide bonds. The predicted molar refractivity (Wildman–Crippen MR) is 117 cm³/mol. The minimum atomic E-state index is -0.490. The summed E-state index contributed by atoms with van der Waals surface area (Å²) in [6, 6.07) is 17.8. The summed E-state index contributed by atoms with van der Waals surface area (Å²) in [6.07, 6.45) is 1.09. The zero-order valence-electron chi connectivity index (χ0n) is 17.4. The van der Waals surface area contributed by atoms with Gasteiger partial charge in [-0.25, -0.2) is 0 Å². The van der Waals surface area contributed by atoms with Crippen LogP contribution in [0.4, 0.5) is 0 Å². The molecule has 1 unspecified atom stereocenters. The maximum absolute atomic E-state index is 10.9. The molecule has 1 atom stereocenters. The SMILES string of the molecule is CN=C(NCc1cccc(OCC(N)=O)c1)N1CCC(COCc2ccccc2)C1. The molecule has 2 aromatic carbocycles. The Kier molecular flexibility index (Phi) is 8.09. The zero-order valence-corrected chi connectivity index (χ0v) is 17.4. The number of rotatable bonds is 9. The van der Waals surface area contributed by atoms with Gasteiger partial charge in [-0.2, -0.15) is 0 Å². The zero-order chi connectivity index (χ0) is 21.2. The summed E-state index contributed by atoms with van der Waals surface area (Å²) in [5.74, 6) is 1.51. The van der Waals surface area contributed by atoms with Crippen LogP contribution >= 0.6 is 0 Å². The number of aliphatic imine (C=N–C) groups is 1. The number of guanidine groups is 1. The molecule has 1 aliphatic heterocycles. The molecule has 1 aliphatic rings. The molecule has 0 radical (unpaired) electrons. The van der Waals surface area contributed by atoms with Crippen LogP contribution in [0.5, 0.6) is 5.75 Å². The molecule has 3 N–H and O–H groups in total. The number of primary amides is 1. The topological polar surface area (TPSA) is 89.2 Å². The highest BCUT2D eigenvalue weighted by Gasteiger charge is 2.25. The molecule has 7 nitrogen and oxygen atoms in total. The van der Waals surface area contributed by atoms with Crippen LogP contribution in [-0.4, -0.2) is 50.1 Å². The second-order valence-corrected chi connectivity index (χ2v) is 7.40. The maximum Gasteiger partial charge on any atom is 0.255 e. The minimum absolute atomic E-state index is 0.125. The van der Waals surface area contributed by atoms with E-state index in [0.717, 1.165) is 37.6 Å². The number of amides is 1. The molecule has 1 fully saturated rings. The van der Waals surface area contributed by atoms with Crippen molar-refractivity contribution >= 4 is 11.9 Å². The molecule has 2 aromatic rings. The summed E-state index contributed by atoms with van der Waals surface area (Å²) >= 11 is 0. The maximum atomic E-state index is 10.9. The van der Waals surface area contributed by atoms with E-state index < -0.39 is 5.91 Å². The molecule has 0 spiro atoms. The summed E-state index contributed by atoms with van der Waals surface area (Å²) in [7, 11) is 1.80. The Morgan fingerprint density at radius 1 is 1.20 bits per heavy atom. The Bertz CT molecular complexity index is 841. The molecule has 0 aromatic heterocycles. The smallest absolute Gasteiger partial charge is 0.255 e. The van der Waals surface area contributed by atoms with Gasteiger partial charge in [0, 0.05) is 32.6 Å². The van der Waals surface area contributed by atoms with Crippen molar-refractivity contribution in [2.75, 3.05) is 33.4 Å². The first-order chi connectivity index (χ1) is 14.6. The van der Waals surface area contributed by atoms with Gasteiger partial charge < -0.3 is 25.4 Å². The van der Waals surface area contributed by atoms with Gasteiger partial charge in [0.2, 0.25) is 0 Å². The fraction of sp³-hybridized carbons (Fsp3) is 0.391. The molecule has 1 heterocycles. The summed E-state index contributed by atoms with van der Waals surface area (Å²) < 4.78 is 11.3. The first kappa shape index (κ1) is 21.6. The molecular weight excluding hydrogens is 380 g/mol. The number of carbonyl (C=O) groups is 1. The Labute approximate surface area is 177 Å². The summed E-state index contributed by atoms with van der Waals surface area (Å²) in [5.41, 5.74) is 7.37. The highest BCUT2D eigenvalue weighted by Crippen LogP contribution is 2.18. The predicted octanol–water partition coefficient (Wildman–Crippen LogP) is 2.16. The number of hydrogen-bond donors (Lipinski definition) is 2. The minimum Gasteiger partial charge on any atom is -0.484 e. The summed E-state index contributed by atoms with van der Waals surface area (Å²) in [6.45, 7) is 3.78. The molecule has 0 aliphatic carbocycles. The van der Waals surface area contributed by atoms with Gasteiger partial charge >= 0.3 is 0 Å². The number of nitrogens with two attached hydrogens (primary N) is 1. The van der Waals surface area contributed by atoms with Gasteiger partial charge in [0.15, 0.2) is 12.6 Å². The second kappa shape index (κ2) is 11.2. The van der Waals surface area contributed by atoms with Crippen molar-refractivity contribution in [2.45, 2.75) is 19.6 Å². The van der Waals surface area contributed by atoms with Crippen LogP contribution in [0.1, 0.15) is 17.5 Å². The van der Waals surface area contributed by atoms with Gasteiger partial charge in [0.1, 0.15) is 5.75 Å². The van der Waals surface area contributed by atoms with Crippen molar-refractivity contribution in [3.05, 3.63) is 65.7 Å². The van der Waals surface area contributed by atoms with E-state index >= 15 is 0 Å². The van der Waals surface area contributed by atoms with Crippen molar-refractivity contribution in [1.29, 1.82) is 0 Å². The molecule has 3 rings (SSSR count). The van der Waals surface area contributed by atoms with Crippen molar-refractivity contribution in [1.82, 2.24) is 10.2 Å². The summed E-state index contributed by atoms with van der Waals surface area (Å²) in [4.78, 5) is 17.6. The number of nitrogens with one attached hydrogen (secondary N) is 1. The fourth-order valence-corrected chi connectivity index (χ4v) is 3.49. The van der Waals surface area contributed by atoms with E-state index in [1.165, 1.54) is 5.56 Å². The third kappa shape index (κ3) is 6.77. The van der Waals surface area contributed by atoms with Crippen LogP contribution in [0.15, 0.2) is 59.6 Å². The van der Waals surface area contributed by atoms with Crippen molar-refractivity contribution < 1.29 is 14.3 Å². The Hall–Kier alpha value is -3.06. The number of benzene rings is 2. The largest absolute Gasteiger partial charge is 0.484 e. The lowest BCUT2D eigenvalue weighted by molar-refractivity contribution is -0.119. The fourth-order valence-electron chi connectivity index (χ4n) is 3.49. The van der Waals surface area contributed by atoms with Crippen LogP contribution in [0.3, 0.4) is 0 Å². The van der Waals surface area contributed by atoms with E-state index in [-0.39, 0.29) is 6.61 Å². The van der Waals surface area contributed by atoms with Crippen LogP contribution in [-0.2, 0) is 22.7 Å². The van der Waals surface area contributed by atoms with Crippen molar-refractivity contribution in [3.63, 3.8) is 0 Å². The van der Waals surface area contributed by atoms with Crippen LogP contribution < -0.4 is 15.8 Å². The van der Waals surface area contributed by atoms with Gasteiger partial charge in [0.05, 0.1) is 13.2 Å². The standard InChI is InChI=1S/C23H30N4O3/c1-25-23(26-13-19-8-5-9-21(12-19)30-17-22(24)28)27-11-10-20(14-27)16-29-15-18-6-3-2-4-7-18/h2-9,12,20H,10-11,13-17H2,1H3,(H2,24,28)(H,25,26). The van der Waals surface area contributed by atoms with Gasteiger partial charge in [-0.15, -0.1) is 0 Å². The van der Waals surface area contributed by atoms with E-state index in [2.05, 4.69) is 27.3 Å². The van der Waals surface area contributed by atoms with Gasteiger partial charge in [-0.1, -0.05) is 42.5 Å². The molecule has 160 valence electrons. The monoisotopic (exact) mass is 410 g/mol. The Morgan fingerprint density at radius 2 is 2.00 bits per heavy atom. The molecule has 0 saturated carbocycles. The Morgan fingerprint density at radius 3 is 2.77 bits per heavy atom. The highest BCUT2D eigenvalue weighted by molar-refractivity contribution is 5.80. The number of ether oxygens (including phenoxy) is 2. The van der Waals surface area contributed by atoms with E-state index in [1.54, 1.807) is 7.05 Å².